The predicted octanol–water partition coefficient (Wildman–Crippen LogP) is 12.8. The van der Waals surface area contributed by atoms with Crippen LogP contribution in [0.25, 0.3) is 44.2 Å². The average Bonchev–Trinajstić information content (AvgIpc) is 3.66. The third kappa shape index (κ3) is 4.36. The Kier molecular flexibility index (Phi) is 7.24. The van der Waals surface area contributed by atoms with Crippen LogP contribution in [0.2, 0.25) is 0 Å². The van der Waals surface area contributed by atoms with Gasteiger partial charge >= 0.3 is 6.85 Å². The van der Waals surface area contributed by atoms with Gasteiger partial charge < -0.3 is 14.1 Å². The van der Waals surface area contributed by atoms with Gasteiger partial charge in [-0.05, 0) is 152 Å². The molecule has 11 rings (SSSR count). The van der Waals surface area contributed by atoms with Gasteiger partial charge in [-0.2, -0.15) is 0 Å². The molecule has 1 saturated carbocycles. The first kappa shape index (κ1) is 34.1. The van der Waals surface area contributed by atoms with E-state index in [4.69, 9.17) is 4.42 Å². The molecular formula is C52H51BN2O. The number of furan rings is 1. The van der Waals surface area contributed by atoms with Crippen LogP contribution in [0.4, 0.5) is 22.7 Å². The first-order valence-electron chi connectivity index (χ1n) is 21.2. The Morgan fingerprint density at radius 1 is 0.714 bits per heavy atom. The van der Waals surface area contributed by atoms with Crippen molar-refractivity contribution in [3.05, 3.63) is 130 Å². The number of hydrogen-bond acceptors (Lipinski definition) is 3. The van der Waals surface area contributed by atoms with Crippen molar-refractivity contribution in [1.29, 1.82) is 0 Å². The summed E-state index contributed by atoms with van der Waals surface area (Å²) in [5.41, 5.74) is 23.8. The lowest BCUT2D eigenvalue weighted by Gasteiger charge is -2.53. The zero-order chi connectivity index (χ0) is 38.2. The van der Waals surface area contributed by atoms with Gasteiger partial charge in [0.25, 0.3) is 0 Å². The SMILES string of the molecule is CCCCc1cc2c3c(c1)C1(C)CCCCC1(C)N3c1cc(-c3c(C)cc(C)cc3C)cc3c1B2N(c1ccccc1C)c1c-3ccc2oc3ccccc3c12. The predicted molar refractivity (Wildman–Crippen MR) is 239 cm³/mol. The maximum atomic E-state index is 6.70. The van der Waals surface area contributed by atoms with Gasteiger partial charge in [-0.15, -0.1) is 0 Å². The summed E-state index contributed by atoms with van der Waals surface area (Å²) in [4.78, 5) is 5.64. The van der Waals surface area contributed by atoms with Crippen molar-refractivity contribution >= 4 is 62.5 Å². The Hall–Kier alpha value is -5.22. The van der Waals surface area contributed by atoms with Crippen LogP contribution in [-0.4, -0.2) is 12.4 Å². The Balaban J connectivity index is 1.34. The molecule has 1 aromatic heterocycles. The lowest BCUT2D eigenvalue weighted by atomic mass is 9.43. The average molecular weight is 731 g/mol. The second-order valence-corrected chi connectivity index (χ2v) is 18.1. The van der Waals surface area contributed by atoms with E-state index < -0.39 is 0 Å². The van der Waals surface area contributed by atoms with Gasteiger partial charge in [-0.1, -0.05) is 99.3 Å². The lowest BCUT2D eigenvalue weighted by molar-refractivity contribution is 0.195. The molecule has 6 aromatic carbocycles. The highest BCUT2D eigenvalue weighted by Crippen LogP contribution is 2.63. The molecule has 0 radical (unpaired) electrons. The number of aryl methyl sites for hydroxylation is 5. The van der Waals surface area contributed by atoms with E-state index in [1.165, 1.54) is 133 Å². The van der Waals surface area contributed by atoms with Gasteiger partial charge in [-0.3, -0.25) is 0 Å². The van der Waals surface area contributed by atoms with Crippen molar-refractivity contribution in [2.24, 2.45) is 0 Å². The summed E-state index contributed by atoms with van der Waals surface area (Å²) < 4.78 is 6.70. The number of fused-ring (bicyclic) bond motifs is 11. The molecule has 0 amide bonds. The van der Waals surface area contributed by atoms with Crippen molar-refractivity contribution in [2.75, 3.05) is 9.71 Å². The fourth-order valence-corrected chi connectivity index (χ4v) is 12.1. The molecule has 3 nitrogen and oxygen atoms in total. The minimum absolute atomic E-state index is 0.0129. The third-order valence-electron chi connectivity index (χ3n) is 14.7. The van der Waals surface area contributed by atoms with Gasteiger partial charge in [0.1, 0.15) is 11.2 Å². The van der Waals surface area contributed by atoms with Crippen LogP contribution in [0, 0.1) is 27.7 Å². The van der Waals surface area contributed by atoms with E-state index >= 15 is 0 Å². The van der Waals surface area contributed by atoms with E-state index in [1.807, 2.05) is 0 Å². The van der Waals surface area contributed by atoms with Gasteiger partial charge in [0.15, 0.2) is 0 Å². The number of nitrogens with zero attached hydrogens (tertiary/aromatic N) is 2. The van der Waals surface area contributed by atoms with E-state index in [0.29, 0.717) is 0 Å². The smallest absolute Gasteiger partial charge is 0.333 e. The zero-order valence-electron chi connectivity index (χ0n) is 34.1. The molecule has 278 valence electrons. The topological polar surface area (TPSA) is 19.6 Å². The first-order chi connectivity index (χ1) is 27.1. The van der Waals surface area contributed by atoms with Crippen molar-refractivity contribution in [3.8, 4) is 22.3 Å². The molecule has 0 spiro atoms. The van der Waals surface area contributed by atoms with Crippen LogP contribution < -0.4 is 20.6 Å². The summed E-state index contributed by atoms with van der Waals surface area (Å²) in [6, 6.07) is 37.5. The van der Waals surface area contributed by atoms with Crippen LogP contribution in [0.5, 0.6) is 0 Å². The standard InChI is InChI=1S/C52H51BN2O/c1-8-9-17-35-27-40-50-41(28-35)53-48-39(37-21-22-45-47(38-18-11-13-20-44(38)56-45)49(37)55(53)42-19-12-10-16-32(42)3)29-36(46-33(4)25-31(2)26-34(46)5)30-43(48)54(50)52(7)24-15-14-23-51(40,52)6/h10-13,16,18-22,25-30H,8-9,14-15,17,23-24H2,1-7H3. The molecule has 0 bridgehead atoms. The monoisotopic (exact) mass is 730 g/mol. The molecule has 4 aliphatic rings. The number of rotatable bonds is 5. The van der Waals surface area contributed by atoms with Gasteiger partial charge in [0.05, 0.1) is 10.9 Å². The van der Waals surface area contributed by atoms with E-state index in [0.717, 1.165) is 17.6 Å². The molecule has 2 unspecified atom stereocenters. The summed E-state index contributed by atoms with van der Waals surface area (Å²) in [7, 11) is 0. The second kappa shape index (κ2) is 11.9. The molecule has 3 aliphatic heterocycles. The molecule has 0 N–H and O–H groups in total. The van der Waals surface area contributed by atoms with E-state index in [1.54, 1.807) is 5.56 Å². The van der Waals surface area contributed by atoms with Crippen LogP contribution in [0.15, 0.2) is 101 Å². The van der Waals surface area contributed by atoms with E-state index in [-0.39, 0.29) is 17.8 Å². The second-order valence-electron chi connectivity index (χ2n) is 18.1. The summed E-state index contributed by atoms with van der Waals surface area (Å²) in [6.45, 7) is 16.7. The van der Waals surface area contributed by atoms with Gasteiger partial charge in [0.2, 0.25) is 0 Å². The molecule has 4 heteroatoms. The Bertz CT molecular complexity index is 2790. The van der Waals surface area contributed by atoms with Crippen molar-refractivity contribution < 1.29 is 4.42 Å². The van der Waals surface area contributed by atoms with Crippen LogP contribution in [-0.2, 0) is 11.8 Å². The fraction of sp³-hybridized carbons (Fsp3) is 0.308. The van der Waals surface area contributed by atoms with Crippen molar-refractivity contribution in [2.45, 2.75) is 104 Å². The Morgan fingerprint density at radius 2 is 1.48 bits per heavy atom. The summed E-state index contributed by atoms with van der Waals surface area (Å²) >= 11 is 0. The number of anilines is 4. The van der Waals surface area contributed by atoms with E-state index in [9.17, 15) is 0 Å². The summed E-state index contributed by atoms with van der Waals surface area (Å²) in [5, 5.41) is 2.38. The third-order valence-corrected chi connectivity index (χ3v) is 14.7. The lowest BCUT2D eigenvalue weighted by Crippen LogP contribution is -2.64. The maximum absolute atomic E-state index is 6.70. The normalized spacial score (nSPS) is 20.4. The highest BCUT2D eigenvalue weighted by atomic mass is 16.3. The van der Waals surface area contributed by atoms with Gasteiger partial charge in [0, 0.05) is 39.1 Å². The molecule has 1 aliphatic carbocycles. The summed E-state index contributed by atoms with van der Waals surface area (Å²) in [6.07, 6.45) is 8.46. The Morgan fingerprint density at radius 3 is 2.29 bits per heavy atom. The molecular weight excluding hydrogens is 679 g/mol. The quantitative estimate of drug-likeness (QED) is 0.164. The zero-order valence-corrected chi connectivity index (χ0v) is 34.1. The Labute approximate surface area is 332 Å². The van der Waals surface area contributed by atoms with Crippen LogP contribution in [0.3, 0.4) is 0 Å². The number of para-hydroxylation sites is 2. The molecule has 0 saturated heterocycles. The minimum Gasteiger partial charge on any atom is -0.456 e. The van der Waals surface area contributed by atoms with Crippen molar-refractivity contribution in [3.63, 3.8) is 0 Å². The first-order valence-corrected chi connectivity index (χ1v) is 21.2. The molecule has 2 atom stereocenters. The summed E-state index contributed by atoms with van der Waals surface area (Å²) in [5.74, 6) is 0. The number of benzene rings is 6. The number of unbranched alkanes of at least 4 members (excludes halogenated alkanes) is 1. The van der Waals surface area contributed by atoms with Crippen LogP contribution >= 0.6 is 0 Å². The maximum Gasteiger partial charge on any atom is 0.333 e. The van der Waals surface area contributed by atoms with Crippen molar-refractivity contribution in [1.82, 2.24) is 0 Å². The minimum atomic E-state index is -0.0427. The highest BCUT2D eigenvalue weighted by molar-refractivity contribution is 6.94. The fourth-order valence-electron chi connectivity index (χ4n) is 12.1. The highest BCUT2D eigenvalue weighted by Gasteiger charge is 2.62. The van der Waals surface area contributed by atoms with Crippen LogP contribution in [0.1, 0.15) is 92.7 Å². The van der Waals surface area contributed by atoms with E-state index in [2.05, 4.69) is 155 Å². The largest absolute Gasteiger partial charge is 0.456 e. The molecule has 4 heterocycles. The van der Waals surface area contributed by atoms with Gasteiger partial charge in [-0.25, -0.2) is 0 Å². The number of hydrogen-bond donors (Lipinski definition) is 0. The molecule has 1 fully saturated rings. The molecule has 7 aromatic rings. The molecule has 56 heavy (non-hydrogen) atoms.